The largest absolute Gasteiger partial charge is 0.462 e. The van der Waals surface area contributed by atoms with Gasteiger partial charge in [-0.25, -0.2) is 0 Å². The number of allylic oxidation sites excluding steroid dienone is 22. The van der Waals surface area contributed by atoms with Gasteiger partial charge in [-0.1, -0.05) is 212 Å². The van der Waals surface area contributed by atoms with Crippen LogP contribution in [-0.2, 0) is 28.6 Å². The Labute approximate surface area is 424 Å². The first kappa shape index (κ1) is 64.5. The van der Waals surface area contributed by atoms with Crippen molar-refractivity contribution < 1.29 is 28.6 Å². The van der Waals surface area contributed by atoms with Crippen LogP contribution in [0.2, 0.25) is 0 Å². The summed E-state index contributed by atoms with van der Waals surface area (Å²) in [5, 5.41) is 0. The summed E-state index contributed by atoms with van der Waals surface area (Å²) in [5.41, 5.74) is 0. The maximum absolute atomic E-state index is 12.8. The van der Waals surface area contributed by atoms with Gasteiger partial charge < -0.3 is 14.2 Å². The lowest BCUT2D eigenvalue weighted by Gasteiger charge is -2.18. The Balaban J connectivity index is 4.57. The van der Waals surface area contributed by atoms with Crippen LogP contribution in [0.15, 0.2) is 134 Å². The van der Waals surface area contributed by atoms with Crippen LogP contribution < -0.4 is 0 Å². The van der Waals surface area contributed by atoms with E-state index < -0.39 is 6.10 Å². The molecule has 0 saturated carbocycles. The molecule has 0 aliphatic heterocycles. The third kappa shape index (κ3) is 54.4. The van der Waals surface area contributed by atoms with Gasteiger partial charge in [0.25, 0.3) is 0 Å². The first-order chi connectivity index (χ1) is 34.0. The lowest BCUT2D eigenvalue weighted by molar-refractivity contribution is -0.167. The molecule has 1 unspecified atom stereocenters. The van der Waals surface area contributed by atoms with Crippen LogP contribution >= 0.6 is 0 Å². The number of hydrogen-bond donors (Lipinski definition) is 0. The van der Waals surface area contributed by atoms with Crippen molar-refractivity contribution in [2.24, 2.45) is 0 Å². The fraction of sp³-hybridized carbons (Fsp3) is 0.603. The molecule has 0 aliphatic rings. The molecule has 0 aromatic rings. The monoisotopic (exact) mass is 953 g/mol. The van der Waals surface area contributed by atoms with E-state index >= 15 is 0 Å². The summed E-state index contributed by atoms with van der Waals surface area (Å²) in [7, 11) is 0. The highest BCUT2D eigenvalue weighted by Crippen LogP contribution is 2.13. The van der Waals surface area contributed by atoms with Crippen LogP contribution in [0.1, 0.15) is 226 Å². The standard InChI is InChI=1S/C63H100O6/c1-4-7-10-13-16-19-22-25-28-30-31-33-35-38-41-44-47-50-53-56-62(65)68-59-60(58-67-61(64)55-52-49-46-43-40-37-34-27-24-21-18-15-12-9-6-3)69-63(66)57-54-51-48-45-42-39-36-32-29-26-23-20-17-14-11-8-5-2/h7-8,10-11,16-17,19-21,24-26,28-29,31,33,36,38-39,41,45,48,60H,4-6,9,12-15,18,22-23,27,30,32,34-35,37,40,42-44,46-47,49-59H2,1-3H3/b10-7-,11-8-,19-16-,20-17-,24-21-,28-25-,29-26-,33-31-,39-36-,41-38-,48-45-. The van der Waals surface area contributed by atoms with E-state index in [9.17, 15) is 14.4 Å². The van der Waals surface area contributed by atoms with Gasteiger partial charge in [-0.3, -0.25) is 14.4 Å². The zero-order valence-corrected chi connectivity index (χ0v) is 44.3. The quantitative estimate of drug-likeness (QED) is 0.0262. The SMILES string of the molecule is CC/C=C\C/C=C\C/C=C\C/C=C\C/C=C\CCCCCC(=O)OCC(COC(=O)CCCCCCCCC/C=C\CCCCCC)OC(=O)CCC/C=C\C/C=C\C/C=C\C/C=C\C/C=C\CC. The van der Waals surface area contributed by atoms with E-state index in [4.69, 9.17) is 14.2 Å². The fourth-order valence-corrected chi connectivity index (χ4v) is 7.03. The van der Waals surface area contributed by atoms with Gasteiger partial charge in [0.05, 0.1) is 0 Å². The molecular formula is C63H100O6. The van der Waals surface area contributed by atoms with Gasteiger partial charge in [-0.2, -0.15) is 0 Å². The van der Waals surface area contributed by atoms with Crippen LogP contribution in [0.4, 0.5) is 0 Å². The number of hydrogen-bond acceptors (Lipinski definition) is 6. The maximum atomic E-state index is 12.8. The van der Waals surface area contributed by atoms with Gasteiger partial charge in [-0.15, -0.1) is 0 Å². The van der Waals surface area contributed by atoms with E-state index in [1.54, 1.807) is 0 Å². The molecule has 0 N–H and O–H groups in total. The van der Waals surface area contributed by atoms with Crippen LogP contribution in [-0.4, -0.2) is 37.2 Å². The zero-order valence-electron chi connectivity index (χ0n) is 44.3. The van der Waals surface area contributed by atoms with Crippen molar-refractivity contribution in [1.29, 1.82) is 0 Å². The number of rotatable bonds is 48. The lowest BCUT2D eigenvalue weighted by atomic mass is 10.1. The van der Waals surface area contributed by atoms with E-state index in [2.05, 4.69) is 154 Å². The highest BCUT2D eigenvalue weighted by Gasteiger charge is 2.19. The van der Waals surface area contributed by atoms with E-state index in [0.717, 1.165) is 116 Å². The van der Waals surface area contributed by atoms with Gasteiger partial charge in [0, 0.05) is 19.3 Å². The number of carbonyl (C=O) groups excluding carboxylic acids is 3. The average molecular weight is 953 g/mol. The van der Waals surface area contributed by atoms with E-state index in [-0.39, 0.29) is 37.5 Å². The van der Waals surface area contributed by atoms with Gasteiger partial charge in [0.15, 0.2) is 6.10 Å². The molecule has 6 nitrogen and oxygen atoms in total. The van der Waals surface area contributed by atoms with Gasteiger partial charge >= 0.3 is 17.9 Å². The summed E-state index contributed by atoms with van der Waals surface area (Å²) in [6, 6.07) is 0. The predicted molar refractivity (Wildman–Crippen MR) is 297 cm³/mol. The number of ether oxygens (including phenoxy) is 3. The molecule has 0 aromatic heterocycles. The molecule has 0 radical (unpaired) electrons. The van der Waals surface area contributed by atoms with Crippen molar-refractivity contribution in [1.82, 2.24) is 0 Å². The number of esters is 3. The minimum atomic E-state index is -0.828. The number of unbranched alkanes of at least 4 members (excludes halogenated alkanes) is 15. The van der Waals surface area contributed by atoms with Crippen molar-refractivity contribution in [2.45, 2.75) is 232 Å². The van der Waals surface area contributed by atoms with E-state index in [1.165, 1.54) is 64.2 Å². The van der Waals surface area contributed by atoms with Gasteiger partial charge in [-0.05, 0) is 128 Å². The maximum Gasteiger partial charge on any atom is 0.306 e. The fourth-order valence-electron chi connectivity index (χ4n) is 7.03. The highest BCUT2D eigenvalue weighted by molar-refractivity contribution is 5.71. The number of carbonyl (C=O) groups is 3. The second-order valence-corrected chi connectivity index (χ2v) is 17.7. The molecule has 0 bridgehead atoms. The second-order valence-electron chi connectivity index (χ2n) is 17.7. The third-order valence-electron chi connectivity index (χ3n) is 11.1. The molecule has 0 heterocycles. The Hall–Kier alpha value is -4.45. The first-order valence-electron chi connectivity index (χ1n) is 27.7. The second kappa shape index (κ2) is 56.1. The Bertz CT molecular complexity index is 1510. The minimum Gasteiger partial charge on any atom is -0.462 e. The zero-order chi connectivity index (χ0) is 50.0. The van der Waals surface area contributed by atoms with E-state index in [1.807, 2.05) is 0 Å². The van der Waals surface area contributed by atoms with Crippen molar-refractivity contribution in [3.8, 4) is 0 Å². The smallest absolute Gasteiger partial charge is 0.306 e. The molecule has 388 valence electrons. The molecule has 0 fully saturated rings. The lowest BCUT2D eigenvalue weighted by Crippen LogP contribution is -2.30. The topological polar surface area (TPSA) is 78.9 Å². The average Bonchev–Trinajstić information content (AvgIpc) is 3.35. The molecule has 0 rings (SSSR count). The molecule has 0 aliphatic carbocycles. The highest BCUT2D eigenvalue weighted by atomic mass is 16.6. The predicted octanol–water partition coefficient (Wildman–Crippen LogP) is 18.6. The minimum absolute atomic E-state index is 0.118. The van der Waals surface area contributed by atoms with Crippen molar-refractivity contribution in [2.75, 3.05) is 13.2 Å². The van der Waals surface area contributed by atoms with Gasteiger partial charge in [0.2, 0.25) is 0 Å². The molecule has 6 heteroatoms. The summed E-state index contributed by atoms with van der Waals surface area (Å²) < 4.78 is 16.8. The van der Waals surface area contributed by atoms with Crippen molar-refractivity contribution in [3.63, 3.8) is 0 Å². The summed E-state index contributed by atoms with van der Waals surface area (Å²) in [6.07, 6.45) is 78.7. The van der Waals surface area contributed by atoms with Crippen LogP contribution in [0, 0.1) is 0 Å². The first-order valence-corrected chi connectivity index (χ1v) is 27.7. The molecular weight excluding hydrogens is 853 g/mol. The Kier molecular flexibility index (Phi) is 52.5. The molecule has 69 heavy (non-hydrogen) atoms. The molecule has 0 saturated heterocycles. The Morgan fingerprint density at radius 3 is 0.957 bits per heavy atom. The van der Waals surface area contributed by atoms with Crippen molar-refractivity contribution >= 4 is 17.9 Å². The molecule has 0 amide bonds. The molecule has 0 spiro atoms. The van der Waals surface area contributed by atoms with Crippen LogP contribution in [0.5, 0.6) is 0 Å². The Morgan fingerprint density at radius 1 is 0.304 bits per heavy atom. The normalized spacial score (nSPS) is 13.1. The van der Waals surface area contributed by atoms with Crippen LogP contribution in [0.25, 0.3) is 0 Å². The van der Waals surface area contributed by atoms with Crippen molar-refractivity contribution in [3.05, 3.63) is 134 Å². The third-order valence-corrected chi connectivity index (χ3v) is 11.1. The molecule has 1 atom stereocenters. The summed E-state index contributed by atoms with van der Waals surface area (Å²) in [4.78, 5) is 38.1. The summed E-state index contributed by atoms with van der Waals surface area (Å²) in [5.74, 6) is -1.02. The Morgan fingerprint density at radius 2 is 0.580 bits per heavy atom. The van der Waals surface area contributed by atoms with E-state index in [0.29, 0.717) is 19.3 Å². The van der Waals surface area contributed by atoms with Gasteiger partial charge in [0.1, 0.15) is 13.2 Å². The summed E-state index contributed by atoms with van der Waals surface area (Å²) >= 11 is 0. The summed E-state index contributed by atoms with van der Waals surface area (Å²) in [6.45, 7) is 6.31. The van der Waals surface area contributed by atoms with Crippen LogP contribution in [0.3, 0.4) is 0 Å². The molecule has 0 aromatic carbocycles.